The number of halogens is 1. The van der Waals surface area contributed by atoms with Gasteiger partial charge in [-0.05, 0) is 43.3 Å². The van der Waals surface area contributed by atoms with Crippen LogP contribution in [-0.2, 0) is 6.61 Å². The van der Waals surface area contributed by atoms with Crippen LogP contribution in [0.2, 0.25) is 0 Å². The van der Waals surface area contributed by atoms with Crippen molar-refractivity contribution in [2.75, 3.05) is 11.1 Å². The number of aryl methyl sites for hydroxylation is 1. The number of nitro groups is 1. The quantitative estimate of drug-likeness (QED) is 0.295. The van der Waals surface area contributed by atoms with Crippen molar-refractivity contribution >= 4 is 46.3 Å². The number of rotatable bonds is 6. The number of carbonyl (C=O) groups excluding carboxylic acids is 1. The van der Waals surface area contributed by atoms with E-state index in [0.717, 1.165) is 16.6 Å². The molecular formula is C24H21ClN4O4. The number of para-hydroxylation sites is 2. The first-order valence-electron chi connectivity index (χ1n) is 9.85. The minimum absolute atomic E-state index is 0. The molecule has 1 heterocycles. The lowest BCUT2D eigenvalue weighted by molar-refractivity contribution is -0.385. The van der Waals surface area contributed by atoms with E-state index >= 15 is 0 Å². The molecule has 0 bridgehead atoms. The van der Waals surface area contributed by atoms with Crippen molar-refractivity contribution in [3.8, 4) is 5.75 Å². The highest BCUT2D eigenvalue weighted by Gasteiger charge is 2.16. The Kier molecular flexibility index (Phi) is 7.10. The lowest BCUT2D eigenvalue weighted by Crippen LogP contribution is -2.15. The Morgan fingerprint density at radius 3 is 2.61 bits per heavy atom. The molecule has 9 heteroatoms. The van der Waals surface area contributed by atoms with Crippen LogP contribution in [0.5, 0.6) is 5.75 Å². The van der Waals surface area contributed by atoms with Gasteiger partial charge in [-0.15, -0.1) is 12.4 Å². The molecule has 8 nitrogen and oxygen atoms in total. The number of nitrogens with one attached hydrogen (secondary N) is 1. The number of hydrogen-bond acceptors (Lipinski definition) is 6. The molecule has 33 heavy (non-hydrogen) atoms. The third kappa shape index (κ3) is 5.19. The van der Waals surface area contributed by atoms with Gasteiger partial charge in [0.1, 0.15) is 6.61 Å². The predicted octanol–water partition coefficient (Wildman–Crippen LogP) is 5.29. The molecule has 4 aromatic rings. The molecule has 0 saturated heterocycles. The fourth-order valence-corrected chi connectivity index (χ4v) is 3.42. The molecule has 1 amide bonds. The van der Waals surface area contributed by atoms with Crippen molar-refractivity contribution in [1.29, 1.82) is 0 Å². The van der Waals surface area contributed by atoms with Gasteiger partial charge in [0.2, 0.25) is 0 Å². The number of aromatic nitrogens is 1. The number of nitrogens with zero attached hydrogens (tertiary/aromatic N) is 2. The first kappa shape index (κ1) is 23.5. The van der Waals surface area contributed by atoms with Crippen molar-refractivity contribution in [1.82, 2.24) is 4.98 Å². The van der Waals surface area contributed by atoms with Crippen LogP contribution in [0.1, 0.15) is 21.6 Å². The molecule has 0 fully saturated rings. The number of benzene rings is 3. The van der Waals surface area contributed by atoms with E-state index in [-0.39, 0.29) is 36.4 Å². The van der Waals surface area contributed by atoms with Gasteiger partial charge in [-0.3, -0.25) is 19.9 Å². The fourth-order valence-electron chi connectivity index (χ4n) is 3.42. The number of carbonyl (C=O) groups is 1. The van der Waals surface area contributed by atoms with E-state index in [4.69, 9.17) is 10.5 Å². The van der Waals surface area contributed by atoms with Crippen LogP contribution >= 0.6 is 12.4 Å². The van der Waals surface area contributed by atoms with Gasteiger partial charge in [-0.1, -0.05) is 30.3 Å². The number of fused-ring (bicyclic) bond motifs is 1. The molecule has 4 rings (SSSR count). The van der Waals surface area contributed by atoms with E-state index < -0.39 is 4.92 Å². The van der Waals surface area contributed by atoms with Crippen molar-refractivity contribution in [2.45, 2.75) is 13.5 Å². The SMILES string of the molecule is Cc1cc(N)c2cc(NC(=O)c3ccccc3COc3ccccc3[N+](=O)[O-])ccc2n1.Cl. The first-order chi connectivity index (χ1) is 15.4. The molecule has 0 aliphatic heterocycles. The molecule has 0 aliphatic rings. The van der Waals surface area contributed by atoms with E-state index in [1.54, 1.807) is 60.7 Å². The average Bonchev–Trinajstić information content (AvgIpc) is 2.78. The monoisotopic (exact) mass is 464 g/mol. The van der Waals surface area contributed by atoms with Crippen molar-refractivity contribution in [3.63, 3.8) is 0 Å². The summed E-state index contributed by atoms with van der Waals surface area (Å²) in [5.41, 5.74) is 9.70. The lowest BCUT2D eigenvalue weighted by atomic mass is 10.1. The third-order valence-corrected chi connectivity index (χ3v) is 4.93. The summed E-state index contributed by atoms with van der Waals surface area (Å²) < 4.78 is 5.66. The van der Waals surface area contributed by atoms with Gasteiger partial charge in [0.15, 0.2) is 5.75 Å². The summed E-state index contributed by atoms with van der Waals surface area (Å²) in [5.74, 6) is -0.190. The Morgan fingerprint density at radius 1 is 1.09 bits per heavy atom. The maximum atomic E-state index is 13.0. The number of anilines is 2. The summed E-state index contributed by atoms with van der Waals surface area (Å²) in [6, 6.07) is 20.2. The predicted molar refractivity (Wildman–Crippen MR) is 130 cm³/mol. The summed E-state index contributed by atoms with van der Waals surface area (Å²) in [6.07, 6.45) is 0. The summed E-state index contributed by atoms with van der Waals surface area (Å²) in [7, 11) is 0. The highest BCUT2D eigenvalue weighted by atomic mass is 35.5. The maximum absolute atomic E-state index is 13.0. The van der Waals surface area contributed by atoms with Gasteiger partial charge in [0.25, 0.3) is 5.91 Å². The van der Waals surface area contributed by atoms with E-state index in [9.17, 15) is 14.9 Å². The zero-order valence-electron chi connectivity index (χ0n) is 17.6. The molecule has 0 radical (unpaired) electrons. The van der Waals surface area contributed by atoms with Crippen molar-refractivity contribution in [2.24, 2.45) is 0 Å². The Bertz CT molecular complexity index is 1340. The van der Waals surface area contributed by atoms with Crippen LogP contribution in [0, 0.1) is 17.0 Å². The van der Waals surface area contributed by atoms with E-state index in [0.29, 0.717) is 22.5 Å². The number of nitrogens with two attached hydrogens (primary N) is 1. The molecule has 0 unspecified atom stereocenters. The van der Waals surface area contributed by atoms with Gasteiger partial charge in [0.05, 0.1) is 10.4 Å². The molecule has 0 atom stereocenters. The van der Waals surface area contributed by atoms with Crippen LogP contribution in [-0.4, -0.2) is 15.8 Å². The van der Waals surface area contributed by atoms with Crippen molar-refractivity contribution < 1.29 is 14.5 Å². The minimum Gasteiger partial charge on any atom is -0.482 e. The van der Waals surface area contributed by atoms with Gasteiger partial charge in [0, 0.05) is 39.6 Å². The molecule has 3 N–H and O–H groups in total. The maximum Gasteiger partial charge on any atom is 0.310 e. The summed E-state index contributed by atoms with van der Waals surface area (Å²) >= 11 is 0. The lowest BCUT2D eigenvalue weighted by Gasteiger charge is -2.12. The second-order valence-electron chi connectivity index (χ2n) is 7.21. The van der Waals surface area contributed by atoms with Crippen LogP contribution in [0.4, 0.5) is 17.1 Å². The smallest absolute Gasteiger partial charge is 0.310 e. The first-order valence-corrected chi connectivity index (χ1v) is 9.85. The molecule has 1 aromatic heterocycles. The molecule has 168 valence electrons. The second-order valence-corrected chi connectivity index (χ2v) is 7.21. The fraction of sp³-hybridized carbons (Fsp3) is 0.0833. The molecular weight excluding hydrogens is 444 g/mol. The largest absolute Gasteiger partial charge is 0.482 e. The van der Waals surface area contributed by atoms with Crippen LogP contribution < -0.4 is 15.8 Å². The van der Waals surface area contributed by atoms with E-state index in [2.05, 4.69) is 10.3 Å². The summed E-state index contributed by atoms with van der Waals surface area (Å²) in [5, 5.41) is 14.8. The summed E-state index contributed by atoms with van der Waals surface area (Å²) in [6.45, 7) is 1.87. The number of ether oxygens (including phenoxy) is 1. The van der Waals surface area contributed by atoms with E-state index in [1.807, 2.05) is 6.92 Å². The number of nitrogen functional groups attached to an aromatic ring is 1. The zero-order valence-corrected chi connectivity index (χ0v) is 18.5. The summed E-state index contributed by atoms with van der Waals surface area (Å²) in [4.78, 5) is 28.1. The van der Waals surface area contributed by atoms with Gasteiger partial charge < -0.3 is 15.8 Å². The highest BCUT2D eigenvalue weighted by molar-refractivity contribution is 6.06. The Balaban J connectivity index is 0.00000306. The van der Waals surface area contributed by atoms with Crippen molar-refractivity contribution in [3.05, 3.63) is 99.7 Å². The highest BCUT2D eigenvalue weighted by Crippen LogP contribution is 2.28. The number of amides is 1. The standard InChI is InChI=1S/C24H20N4O4.ClH/c1-15-12-20(25)19-13-17(10-11-21(19)26-15)27-24(29)18-7-3-2-6-16(18)14-32-23-9-5-4-8-22(23)28(30)31;/h2-13H,14H2,1H3,(H2,25,26)(H,27,29);1H. The number of pyridine rings is 1. The van der Waals surface area contributed by atoms with Crippen LogP contribution in [0.25, 0.3) is 10.9 Å². The Hall–Kier alpha value is -4.17. The van der Waals surface area contributed by atoms with Gasteiger partial charge in [-0.2, -0.15) is 0 Å². The number of hydrogen-bond donors (Lipinski definition) is 2. The Morgan fingerprint density at radius 2 is 1.82 bits per heavy atom. The normalized spacial score (nSPS) is 10.3. The third-order valence-electron chi connectivity index (χ3n) is 4.93. The second kappa shape index (κ2) is 9.97. The number of nitro benzene ring substituents is 1. The van der Waals surface area contributed by atoms with Gasteiger partial charge in [-0.25, -0.2) is 0 Å². The van der Waals surface area contributed by atoms with Gasteiger partial charge >= 0.3 is 5.69 Å². The molecule has 0 spiro atoms. The zero-order chi connectivity index (χ0) is 22.7. The molecule has 3 aromatic carbocycles. The van der Waals surface area contributed by atoms with Crippen LogP contribution in [0.15, 0.2) is 72.8 Å². The average molecular weight is 465 g/mol. The molecule has 0 saturated carbocycles. The van der Waals surface area contributed by atoms with E-state index in [1.165, 1.54) is 12.1 Å². The minimum atomic E-state index is -0.504. The topological polar surface area (TPSA) is 120 Å². The Labute approximate surface area is 196 Å². The van der Waals surface area contributed by atoms with Crippen LogP contribution in [0.3, 0.4) is 0 Å². The molecule has 0 aliphatic carbocycles.